The molecule has 1 aromatic carbocycles. The van der Waals surface area contributed by atoms with Crippen molar-refractivity contribution in [1.82, 2.24) is 15.3 Å². The molecule has 1 N–H and O–H groups in total. The summed E-state index contributed by atoms with van der Waals surface area (Å²) in [4.78, 5) is 19.8. The molecule has 1 aromatic heterocycles. The standard InChI is InChI=1S/C16H19N3O2/c1-12-18-8-7-15(19-12)11-17-10-14-6-4-3-5-13(14)9-16(20)21-2/h3-8,17H,9-11H2,1-2H3. The number of esters is 1. The first-order valence-electron chi connectivity index (χ1n) is 6.82. The number of nitrogens with zero attached hydrogens (tertiary/aromatic N) is 2. The number of methoxy groups -OCH3 is 1. The van der Waals surface area contributed by atoms with E-state index in [1.54, 1.807) is 6.20 Å². The molecule has 2 aromatic rings. The topological polar surface area (TPSA) is 64.1 Å². The van der Waals surface area contributed by atoms with Crippen LogP contribution < -0.4 is 5.32 Å². The van der Waals surface area contributed by atoms with E-state index >= 15 is 0 Å². The highest BCUT2D eigenvalue weighted by atomic mass is 16.5. The average Bonchev–Trinajstić information content (AvgIpc) is 2.49. The van der Waals surface area contributed by atoms with Crippen LogP contribution in [0.5, 0.6) is 0 Å². The molecular formula is C16H19N3O2. The van der Waals surface area contributed by atoms with Crippen LogP contribution in [0, 0.1) is 6.92 Å². The van der Waals surface area contributed by atoms with Crippen LogP contribution in [0.25, 0.3) is 0 Å². The van der Waals surface area contributed by atoms with Crippen molar-refractivity contribution in [2.45, 2.75) is 26.4 Å². The summed E-state index contributed by atoms with van der Waals surface area (Å²) in [6.45, 7) is 3.21. The largest absolute Gasteiger partial charge is 0.469 e. The summed E-state index contributed by atoms with van der Waals surface area (Å²) < 4.78 is 4.72. The van der Waals surface area contributed by atoms with Crippen molar-refractivity contribution in [3.8, 4) is 0 Å². The van der Waals surface area contributed by atoms with Crippen molar-refractivity contribution in [3.63, 3.8) is 0 Å². The number of hydrogen-bond donors (Lipinski definition) is 1. The highest BCUT2D eigenvalue weighted by molar-refractivity contribution is 5.72. The number of rotatable bonds is 6. The second kappa shape index (κ2) is 7.50. The molecule has 0 aliphatic rings. The van der Waals surface area contributed by atoms with E-state index in [2.05, 4.69) is 15.3 Å². The van der Waals surface area contributed by atoms with Crippen molar-refractivity contribution >= 4 is 5.97 Å². The van der Waals surface area contributed by atoms with Crippen LogP contribution in [0.3, 0.4) is 0 Å². The molecule has 0 fully saturated rings. The van der Waals surface area contributed by atoms with Crippen LogP contribution in [0.1, 0.15) is 22.6 Å². The maximum atomic E-state index is 11.4. The molecule has 0 saturated carbocycles. The summed E-state index contributed by atoms with van der Waals surface area (Å²) in [5, 5.41) is 3.33. The molecule has 0 saturated heterocycles. The fourth-order valence-electron chi connectivity index (χ4n) is 2.06. The van der Waals surface area contributed by atoms with E-state index < -0.39 is 0 Å². The van der Waals surface area contributed by atoms with E-state index in [9.17, 15) is 4.79 Å². The number of carbonyl (C=O) groups excluding carboxylic acids is 1. The number of hydrogen-bond acceptors (Lipinski definition) is 5. The second-order valence-electron chi connectivity index (χ2n) is 4.72. The molecule has 1 heterocycles. The molecule has 0 spiro atoms. The molecule has 0 unspecified atom stereocenters. The summed E-state index contributed by atoms with van der Waals surface area (Å²) in [7, 11) is 1.40. The zero-order valence-corrected chi connectivity index (χ0v) is 12.3. The highest BCUT2D eigenvalue weighted by Gasteiger charge is 2.07. The summed E-state index contributed by atoms with van der Waals surface area (Å²) in [5.74, 6) is 0.536. The van der Waals surface area contributed by atoms with Crippen LogP contribution in [0.4, 0.5) is 0 Å². The highest BCUT2D eigenvalue weighted by Crippen LogP contribution is 2.10. The average molecular weight is 285 g/mol. The molecule has 5 nitrogen and oxygen atoms in total. The number of aryl methyl sites for hydroxylation is 1. The van der Waals surface area contributed by atoms with Gasteiger partial charge in [-0.05, 0) is 24.1 Å². The first-order chi connectivity index (χ1) is 10.2. The summed E-state index contributed by atoms with van der Waals surface area (Å²) >= 11 is 0. The van der Waals surface area contributed by atoms with E-state index in [0.717, 1.165) is 22.6 Å². The Hall–Kier alpha value is -2.27. The van der Waals surface area contributed by atoms with Crippen molar-refractivity contribution in [2.24, 2.45) is 0 Å². The third-order valence-corrected chi connectivity index (χ3v) is 3.14. The van der Waals surface area contributed by atoms with Gasteiger partial charge < -0.3 is 10.1 Å². The lowest BCUT2D eigenvalue weighted by atomic mass is 10.0. The van der Waals surface area contributed by atoms with E-state index in [1.165, 1.54) is 7.11 Å². The van der Waals surface area contributed by atoms with Gasteiger partial charge in [-0.25, -0.2) is 9.97 Å². The summed E-state index contributed by atoms with van der Waals surface area (Å²) in [6, 6.07) is 9.74. The van der Waals surface area contributed by atoms with E-state index in [-0.39, 0.29) is 5.97 Å². The van der Waals surface area contributed by atoms with Gasteiger partial charge in [0.2, 0.25) is 0 Å². The van der Waals surface area contributed by atoms with Gasteiger partial charge in [-0.2, -0.15) is 0 Å². The molecular weight excluding hydrogens is 266 g/mol. The summed E-state index contributed by atoms with van der Waals surface area (Å²) in [5.41, 5.74) is 3.03. The Morgan fingerprint density at radius 2 is 1.95 bits per heavy atom. The number of carbonyl (C=O) groups is 1. The maximum absolute atomic E-state index is 11.4. The number of nitrogens with one attached hydrogen (secondary N) is 1. The fraction of sp³-hybridized carbons (Fsp3) is 0.312. The van der Waals surface area contributed by atoms with Crippen LogP contribution in [0.15, 0.2) is 36.5 Å². The lowest BCUT2D eigenvalue weighted by Gasteiger charge is -2.10. The van der Waals surface area contributed by atoms with Gasteiger partial charge in [0.1, 0.15) is 5.82 Å². The minimum Gasteiger partial charge on any atom is -0.469 e. The fourth-order valence-corrected chi connectivity index (χ4v) is 2.06. The van der Waals surface area contributed by atoms with Gasteiger partial charge >= 0.3 is 5.97 Å². The van der Waals surface area contributed by atoms with Gasteiger partial charge in [-0.15, -0.1) is 0 Å². The zero-order valence-electron chi connectivity index (χ0n) is 12.3. The zero-order chi connectivity index (χ0) is 15.1. The van der Waals surface area contributed by atoms with Gasteiger partial charge in [-0.1, -0.05) is 24.3 Å². The molecule has 0 aliphatic heterocycles. The lowest BCUT2D eigenvalue weighted by molar-refractivity contribution is -0.139. The van der Waals surface area contributed by atoms with E-state index in [4.69, 9.17) is 4.74 Å². The number of ether oxygens (including phenoxy) is 1. The Bertz CT molecular complexity index is 614. The molecule has 110 valence electrons. The molecule has 21 heavy (non-hydrogen) atoms. The van der Waals surface area contributed by atoms with E-state index in [0.29, 0.717) is 19.5 Å². The Balaban J connectivity index is 1.95. The normalized spacial score (nSPS) is 10.4. The minimum absolute atomic E-state index is 0.228. The monoisotopic (exact) mass is 285 g/mol. The van der Waals surface area contributed by atoms with Crippen LogP contribution in [0.2, 0.25) is 0 Å². The van der Waals surface area contributed by atoms with Gasteiger partial charge in [-0.3, -0.25) is 4.79 Å². The quantitative estimate of drug-likeness (QED) is 0.820. The van der Waals surface area contributed by atoms with Gasteiger partial charge in [0.25, 0.3) is 0 Å². The molecule has 0 atom stereocenters. The Kier molecular flexibility index (Phi) is 5.40. The molecule has 0 aliphatic carbocycles. The maximum Gasteiger partial charge on any atom is 0.309 e. The third kappa shape index (κ3) is 4.65. The van der Waals surface area contributed by atoms with Crippen molar-refractivity contribution < 1.29 is 9.53 Å². The lowest BCUT2D eigenvalue weighted by Crippen LogP contribution is -2.16. The predicted molar refractivity (Wildman–Crippen MR) is 79.5 cm³/mol. The molecule has 0 bridgehead atoms. The van der Waals surface area contributed by atoms with Crippen molar-refractivity contribution in [3.05, 3.63) is 59.2 Å². The molecule has 0 radical (unpaired) electrons. The van der Waals surface area contributed by atoms with Crippen LogP contribution in [-0.2, 0) is 29.0 Å². The summed E-state index contributed by atoms with van der Waals surface area (Å²) in [6.07, 6.45) is 2.05. The first kappa shape index (κ1) is 15.1. The van der Waals surface area contributed by atoms with Crippen LogP contribution in [-0.4, -0.2) is 23.0 Å². The Morgan fingerprint density at radius 1 is 1.19 bits per heavy atom. The third-order valence-electron chi connectivity index (χ3n) is 3.14. The SMILES string of the molecule is COC(=O)Cc1ccccc1CNCc1ccnc(C)n1. The van der Waals surface area contributed by atoms with E-state index in [1.807, 2.05) is 37.3 Å². The van der Waals surface area contributed by atoms with Crippen molar-refractivity contribution in [1.29, 1.82) is 0 Å². The number of aromatic nitrogens is 2. The Labute approximate surface area is 124 Å². The van der Waals surface area contributed by atoms with Crippen molar-refractivity contribution in [2.75, 3.05) is 7.11 Å². The smallest absolute Gasteiger partial charge is 0.309 e. The predicted octanol–water partition coefficient (Wildman–Crippen LogP) is 1.79. The minimum atomic E-state index is -0.228. The second-order valence-corrected chi connectivity index (χ2v) is 4.72. The number of benzene rings is 1. The van der Waals surface area contributed by atoms with Gasteiger partial charge in [0.05, 0.1) is 19.2 Å². The van der Waals surface area contributed by atoms with Crippen LogP contribution >= 0.6 is 0 Å². The molecule has 5 heteroatoms. The molecule has 2 rings (SSSR count). The Morgan fingerprint density at radius 3 is 2.67 bits per heavy atom. The van der Waals surface area contributed by atoms with Gasteiger partial charge in [0.15, 0.2) is 0 Å². The molecule has 0 amide bonds. The van der Waals surface area contributed by atoms with Gasteiger partial charge in [0, 0.05) is 19.3 Å². The first-order valence-corrected chi connectivity index (χ1v) is 6.82.